The van der Waals surface area contributed by atoms with Crippen molar-refractivity contribution in [2.24, 2.45) is 0 Å². The van der Waals surface area contributed by atoms with Crippen molar-refractivity contribution in [1.29, 1.82) is 0 Å². The lowest BCUT2D eigenvalue weighted by molar-refractivity contribution is -0.116. The van der Waals surface area contributed by atoms with Crippen LogP contribution in [0.25, 0.3) is 21.3 Å². The van der Waals surface area contributed by atoms with Gasteiger partial charge in [0.2, 0.25) is 5.91 Å². The van der Waals surface area contributed by atoms with Gasteiger partial charge in [0.25, 0.3) is 5.56 Å². The van der Waals surface area contributed by atoms with E-state index in [0.29, 0.717) is 10.2 Å². The van der Waals surface area contributed by atoms with Gasteiger partial charge in [-0.1, -0.05) is 48.5 Å². The SMILES string of the molecule is Cc1cccc(C)c1NC(=O)Cn1cnc2c(-c3ccccc3)csc2c1=O. The number of para-hydroxylation sites is 1. The third-order valence-electron chi connectivity index (χ3n) is 4.69. The molecule has 0 atom stereocenters. The number of aromatic nitrogens is 2. The Bertz CT molecular complexity index is 1210. The first kappa shape index (κ1) is 18.1. The Hall–Kier alpha value is -3.25. The van der Waals surface area contributed by atoms with Crippen molar-refractivity contribution in [1.82, 2.24) is 9.55 Å². The quantitative estimate of drug-likeness (QED) is 0.563. The Labute approximate surface area is 166 Å². The predicted molar refractivity (Wildman–Crippen MR) is 114 cm³/mol. The van der Waals surface area contributed by atoms with Gasteiger partial charge in [0.1, 0.15) is 11.2 Å². The van der Waals surface area contributed by atoms with Gasteiger partial charge in [0.05, 0.1) is 11.8 Å². The summed E-state index contributed by atoms with van der Waals surface area (Å²) in [6.07, 6.45) is 1.45. The van der Waals surface area contributed by atoms with Crippen LogP contribution < -0.4 is 10.9 Å². The van der Waals surface area contributed by atoms with Crippen molar-refractivity contribution >= 4 is 33.1 Å². The first-order chi connectivity index (χ1) is 13.5. The number of aryl methyl sites for hydroxylation is 2. The van der Waals surface area contributed by atoms with E-state index in [4.69, 9.17) is 0 Å². The molecule has 0 aliphatic rings. The van der Waals surface area contributed by atoms with E-state index in [0.717, 1.165) is 27.9 Å². The summed E-state index contributed by atoms with van der Waals surface area (Å²) in [4.78, 5) is 29.8. The molecule has 4 aromatic rings. The average molecular weight is 389 g/mol. The van der Waals surface area contributed by atoms with Crippen LogP contribution in [0.2, 0.25) is 0 Å². The van der Waals surface area contributed by atoms with Crippen LogP contribution in [0.5, 0.6) is 0 Å². The molecule has 1 N–H and O–H groups in total. The van der Waals surface area contributed by atoms with Crippen LogP contribution in [0.4, 0.5) is 5.69 Å². The summed E-state index contributed by atoms with van der Waals surface area (Å²) in [7, 11) is 0. The maximum Gasteiger partial charge on any atom is 0.271 e. The Morgan fingerprint density at radius 3 is 2.50 bits per heavy atom. The maximum absolute atomic E-state index is 12.8. The Morgan fingerprint density at radius 2 is 1.79 bits per heavy atom. The lowest BCUT2D eigenvalue weighted by Gasteiger charge is -2.12. The topological polar surface area (TPSA) is 64.0 Å². The Kier molecular flexibility index (Phi) is 4.79. The number of carbonyl (C=O) groups excluding carboxylic acids is 1. The highest BCUT2D eigenvalue weighted by molar-refractivity contribution is 7.17. The van der Waals surface area contributed by atoms with E-state index >= 15 is 0 Å². The molecule has 5 nitrogen and oxygen atoms in total. The minimum Gasteiger partial charge on any atom is -0.324 e. The standard InChI is InChI=1S/C22H19N3O2S/c1-14-7-6-8-15(2)19(14)24-18(26)11-25-13-23-20-17(12-28-21(20)22(25)27)16-9-4-3-5-10-16/h3-10,12-13H,11H2,1-2H3,(H,24,26). The van der Waals surface area contributed by atoms with E-state index in [9.17, 15) is 9.59 Å². The van der Waals surface area contributed by atoms with Crippen LogP contribution in [-0.2, 0) is 11.3 Å². The average Bonchev–Trinajstić information content (AvgIpc) is 3.13. The zero-order valence-electron chi connectivity index (χ0n) is 15.6. The molecule has 0 aliphatic carbocycles. The number of nitrogens with zero attached hydrogens (tertiary/aromatic N) is 2. The number of amides is 1. The molecule has 2 aromatic heterocycles. The largest absolute Gasteiger partial charge is 0.324 e. The van der Waals surface area contributed by atoms with Crippen LogP contribution >= 0.6 is 11.3 Å². The highest BCUT2D eigenvalue weighted by atomic mass is 32.1. The van der Waals surface area contributed by atoms with Gasteiger partial charge >= 0.3 is 0 Å². The fourth-order valence-corrected chi connectivity index (χ4v) is 4.20. The van der Waals surface area contributed by atoms with Crippen molar-refractivity contribution in [2.75, 3.05) is 5.32 Å². The maximum atomic E-state index is 12.8. The van der Waals surface area contributed by atoms with Crippen molar-refractivity contribution in [3.05, 3.63) is 81.7 Å². The number of anilines is 1. The van der Waals surface area contributed by atoms with Crippen molar-refractivity contribution in [2.45, 2.75) is 20.4 Å². The normalized spacial score (nSPS) is 10.9. The van der Waals surface area contributed by atoms with Crippen LogP contribution in [0, 0.1) is 13.8 Å². The van der Waals surface area contributed by atoms with E-state index < -0.39 is 0 Å². The first-order valence-electron chi connectivity index (χ1n) is 8.92. The summed E-state index contributed by atoms with van der Waals surface area (Å²) in [6, 6.07) is 15.7. The first-order valence-corrected chi connectivity index (χ1v) is 9.80. The molecule has 1 amide bonds. The van der Waals surface area contributed by atoms with Gasteiger partial charge in [-0.2, -0.15) is 0 Å². The summed E-state index contributed by atoms with van der Waals surface area (Å²) in [5.41, 5.74) is 5.19. The van der Waals surface area contributed by atoms with Crippen molar-refractivity contribution in [3.8, 4) is 11.1 Å². The molecule has 0 radical (unpaired) electrons. The fourth-order valence-electron chi connectivity index (χ4n) is 3.22. The second kappa shape index (κ2) is 7.40. The lowest BCUT2D eigenvalue weighted by Crippen LogP contribution is -2.27. The molecule has 0 aliphatic heterocycles. The minimum absolute atomic E-state index is 0.0753. The van der Waals surface area contributed by atoms with E-state index in [1.165, 1.54) is 22.2 Å². The van der Waals surface area contributed by atoms with Gasteiger partial charge in [-0.3, -0.25) is 14.2 Å². The molecule has 2 heterocycles. The zero-order valence-corrected chi connectivity index (χ0v) is 16.4. The molecular weight excluding hydrogens is 370 g/mol. The second-order valence-corrected chi connectivity index (χ2v) is 7.57. The molecule has 140 valence electrons. The van der Waals surface area contributed by atoms with Crippen LogP contribution in [0.15, 0.2) is 65.0 Å². The van der Waals surface area contributed by atoms with Gasteiger partial charge in [-0.05, 0) is 30.5 Å². The zero-order chi connectivity index (χ0) is 19.7. The Balaban J connectivity index is 1.63. The highest BCUT2D eigenvalue weighted by Gasteiger charge is 2.14. The number of carbonyl (C=O) groups is 1. The van der Waals surface area contributed by atoms with E-state index in [1.807, 2.05) is 67.8 Å². The van der Waals surface area contributed by atoms with E-state index in [2.05, 4.69) is 10.3 Å². The molecule has 0 unspecified atom stereocenters. The molecular formula is C22H19N3O2S. The van der Waals surface area contributed by atoms with Crippen LogP contribution in [-0.4, -0.2) is 15.5 Å². The molecule has 0 fully saturated rings. The minimum atomic E-state index is -0.250. The van der Waals surface area contributed by atoms with Gasteiger partial charge < -0.3 is 5.32 Å². The summed E-state index contributed by atoms with van der Waals surface area (Å²) >= 11 is 1.36. The summed E-state index contributed by atoms with van der Waals surface area (Å²) in [5, 5.41) is 4.85. The summed E-state index contributed by atoms with van der Waals surface area (Å²) in [5.74, 6) is -0.250. The molecule has 6 heteroatoms. The molecule has 2 aromatic carbocycles. The van der Waals surface area contributed by atoms with Gasteiger partial charge in [-0.15, -0.1) is 11.3 Å². The predicted octanol–water partition coefficient (Wildman–Crippen LogP) is 4.38. The van der Waals surface area contributed by atoms with Crippen LogP contribution in [0.3, 0.4) is 0 Å². The lowest BCUT2D eigenvalue weighted by atomic mass is 10.1. The molecule has 0 saturated heterocycles. The fraction of sp³-hybridized carbons (Fsp3) is 0.136. The summed E-state index contributed by atoms with van der Waals surface area (Å²) < 4.78 is 1.91. The third-order valence-corrected chi connectivity index (χ3v) is 5.65. The monoisotopic (exact) mass is 389 g/mol. The van der Waals surface area contributed by atoms with Gasteiger partial charge in [0, 0.05) is 16.6 Å². The third kappa shape index (κ3) is 3.34. The molecule has 4 rings (SSSR count). The highest BCUT2D eigenvalue weighted by Crippen LogP contribution is 2.30. The second-order valence-electron chi connectivity index (χ2n) is 6.69. The number of thiophene rings is 1. The summed E-state index contributed by atoms with van der Waals surface area (Å²) in [6.45, 7) is 3.81. The molecule has 28 heavy (non-hydrogen) atoms. The van der Waals surface area contributed by atoms with Gasteiger partial charge in [-0.25, -0.2) is 4.98 Å². The van der Waals surface area contributed by atoms with E-state index in [-0.39, 0.29) is 18.0 Å². The number of benzene rings is 2. The van der Waals surface area contributed by atoms with E-state index in [1.54, 1.807) is 0 Å². The van der Waals surface area contributed by atoms with Crippen LogP contribution in [0.1, 0.15) is 11.1 Å². The van der Waals surface area contributed by atoms with Crippen molar-refractivity contribution < 1.29 is 4.79 Å². The van der Waals surface area contributed by atoms with Gasteiger partial charge in [0.15, 0.2) is 0 Å². The molecule has 0 saturated carbocycles. The number of rotatable bonds is 4. The number of hydrogen-bond donors (Lipinski definition) is 1. The molecule has 0 spiro atoms. The van der Waals surface area contributed by atoms with Crippen molar-refractivity contribution in [3.63, 3.8) is 0 Å². The Morgan fingerprint density at radius 1 is 1.07 bits per heavy atom. The number of fused-ring (bicyclic) bond motifs is 1. The number of hydrogen-bond acceptors (Lipinski definition) is 4. The molecule has 0 bridgehead atoms. The smallest absolute Gasteiger partial charge is 0.271 e. The number of nitrogens with one attached hydrogen (secondary N) is 1.